The number of pyridine rings is 1. The minimum atomic E-state index is -0.351. The summed E-state index contributed by atoms with van der Waals surface area (Å²) in [6.45, 7) is 3.85. The Morgan fingerprint density at radius 2 is 2.05 bits per heavy atom. The van der Waals surface area contributed by atoms with Crippen LogP contribution in [0.1, 0.15) is 24.1 Å². The lowest BCUT2D eigenvalue weighted by Crippen LogP contribution is -2.08. The summed E-state index contributed by atoms with van der Waals surface area (Å²) in [5, 5.41) is 3.93. The molecule has 0 fully saturated rings. The van der Waals surface area contributed by atoms with Crippen molar-refractivity contribution in [3.63, 3.8) is 0 Å². The van der Waals surface area contributed by atoms with Gasteiger partial charge in [0.2, 0.25) is 0 Å². The zero-order chi connectivity index (χ0) is 14.7. The van der Waals surface area contributed by atoms with Gasteiger partial charge in [-0.3, -0.25) is 4.98 Å². The number of aryl methyl sites for hydroxylation is 1. The summed E-state index contributed by atoms with van der Waals surface area (Å²) in [6.07, 6.45) is 2.82. The molecular weight excluding hydrogens is 279 g/mol. The molecule has 0 saturated carbocycles. The first kappa shape index (κ1) is 14.6. The third-order valence-electron chi connectivity index (χ3n) is 3.08. The number of nitrogens with zero attached hydrogens (tertiary/aromatic N) is 1. The molecule has 0 aliphatic rings. The second-order valence-electron chi connectivity index (χ2n) is 4.60. The molecule has 1 aromatic heterocycles. The quantitative estimate of drug-likeness (QED) is 0.909. The zero-order valence-corrected chi connectivity index (χ0v) is 12.3. The molecule has 0 radical (unpaired) electrons. The fourth-order valence-corrected chi connectivity index (χ4v) is 2.08. The van der Waals surface area contributed by atoms with E-state index in [0.717, 1.165) is 16.8 Å². The van der Waals surface area contributed by atoms with Crippen molar-refractivity contribution in [2.24, 2.45) is 0 Å². The van der Waals surface area contributed by atoms with E-state index in [1.165, 1.54) is 12.3 Å². The molecule has 1 atom stereocenters. The SMILES string of the molecule is COc1cc(Cl)c(C)cc1NC(C)c1cncc(F)c1. The Balaban J connectivity index is 2.27. The number of rotatable bonds is 4. The Hall–Kier alpha value is -1.81. The molecular formula is C15H16ClFN2O. The van der Waals surface area contributed by atoms with Crippen molar-refractivity contribution in [2.75, 3.05) is 12.4 Å². The van der Waals surface area contributed by atoms with Crippen LogP contribution < -0.4 is 10.1 Å². The minimum Gasteiger partial charge on any atom is -0.495 e. The van der Waals surface area contributed by atoms with Gasteiger partial charge >= 0.3 is 0 Å². The van der Waals surface area contributed by atoms with Crippen LogP contribution in [0, 0.1) is 12.7 Å². The summed E-state index contributed by atoms with van der Waals surface area (Å²) < 4.78 is 18.5. The fourth-order valence-electron chi connectivity index (χ4n) is 1.93. The van der Waals surface area contributed by atoms with Crippen molar-refractivity contribution >= 4 is 17.3 Å². The van der Waals surface area contributed by atoms with Crippen LogP contribution in [-0.2, 0) is 0 Å². The highest BCUT2D eigenvalue weighted by Gasteiger charge is 2.12. The summed E-state index contributed by atoms with van der Waals surface area (Å²) in [5.74, 6) is 0.298. The third-order valence-corrected chi connectivity index (χ3v) is 3.49. The van der Waals surface area contributed by atoms with E-state index in [1.54, 1.807) is 19.4 Å². The minimum absolute atomic E-state index is 0.104. The maximum absolute atomic E-state index is 13.2. The molecule has 0 bridgehead atoms. The Bertz CT molecular complexity index is 619. The number of anilines is 1. The summed E-state index contributed by atoms with van der Waals surface area (Å²) >= 11 is 6.07. The van der Waals surface area contributed by atoms with Gasteiger partial charge in [0.1, 0.15) is 11.6 Å². The average molecular weight is 295 g/mol. The maximum Gasteiger partial charge on any atom is 0.143 e. The lowest BCUT2D eigenvalue weighted by molar-refractivity contribution is 0.416. The van der Waals surface area contributed by atoms with E-state index in [0.29, 0.717) is 10.8 Å². The van der Waals surface area contributed by atoms with Crippen molar-refractivity contribution in [3.8, 4) is 5.75 Å². The Morgan fingerprint density at radius 1 is 1.30 bits per heavy atom. The molecule has 1 N–H and O–H groups in total. The summed E-state index contributed by atoms with van der Waals surface area (Å²) in [7, 11) is 1.58. The molecule has 0 amide bonds. The number of aromatic nitrogens is 1. The molecule has 2 aromatic rings. The first-order valence-electron chi connectivity index (χ1n) is 6.22. The van der Waals surface area contributed by atoms with E-state index >= 15 is 0 Å². The number of halogens is 2. The van der Waals surface area contributed by atoms with E-state index < -0.39 is 0 Å². The van der Waals surface area contributed by atoms with E-state index in [-0.39, 0.29) is 11.9 Å². The van der Waals surface area contributed by atoms with E-state index in [2.05, 4.69) is 10.3 Å². The Morgan fingerprint density at radius 3 is 2.70 bits per heavy atom. The van der Waals surface area contributed by atoms with Gasteiger partial charge in [-0.25, -0.2) is 4.39 Å². The van der Waals surface area contributed by atoms with Gasteiger partial charge in [0.05, 0.1) is 25.0 Å². The lowest BCUT2D eigenvalue weighted by Gasteiger charge is -2.18. The number of ether oxygens (including phenoxy) is 1. The summed E-state index contributed by atoms with van der Waals surface area (Å²) in [6, 6.07) is 5.02. The predicted molar refractivity (Wildman–Crippen MR) is 79.0 cm³/mol. The van der Waals surface area contributed by atoms with Crippen molar-refractivity contribution in [3.05, 3.63) is 52.6 Å². The van der Waals surface area contributed by atoms with Crippen LogP contribution >= 0.6 is 11.6 Å². The topological polar surface area (TPSA) is 34.1 Å². The molecule has 1 unspecified atom stereocenters. The van der Waals surface area contributed by atoms with Gasteiger partial charge in [-0.2, -0.15) is 0 Å². The molecule has 1 aromatic carbocycles. The summed E-state index contributed by atoms with van der Waals surface area (Å²) in [5.41, 5.74) is 2.52. The van der Waals surface area contributed by atoms with Crippen LogP contribution in [0.4, 0.5) is 10.1 Å². The molecule has 1 heterocycles. The molecule has 20 heavy (non-hydrogen) atoms. The van der Waals surface area contributed by atoms with Gasteiger partial charge < -0.3 is 10.1 Å². The van der Waals surface area contributed by atoms with E-state index in [9.17, 15) is 4.39 Å². The Labute approximate surface area is 122 Å². The van der Waals surface area contributed by atoms with Crippen molar-refractivity contribution in [2.45, 2.75) is 19.9 Å². The second-order valence-corrected chi connectivity index (χ2v) is 5.01. The van der Waals surface area contributed by atoms with Crippen LogP contribution in [0.25, 0.3) is 0 Å². The zero-order valence-electron chi connectivity index (χ0n) is 11.6. The molecule has 3 nitrogen and oxygen atoms in total. The van der Waals surface area contributed by atoms with Crippen molar-refractivity contribution < 1.29 is 9.13 Å². The molecule has 5 heteroatoms. The normalized spacial score (nSPS) is 12.1. The van der Waals surface area contributed by atoms with E-state index in [4.69, 9.17) is 16.3 Å². The first-order chi connectivity index (χ1) is 9.51. The van der Waals surface area contributed by atoms with Crippen molar-refractivity contribution in [1.82, 2.24) is 4.98 Å². The highest BCUT2D eigenvalue weighted by atomic mass is 35.5. The van der Waals surface area contributed by atoms with Crippen LogP contribution in [0.15, 0.2) is 30.6 Å². The van der Waals surface area contributed by atoms with Crippen LogP contribution in [0.2, 0.25) is 5.02 Å². The van der Waals surface area contributed by atoms with Gasteiger partial charge in [-0.1, -0.05) is 11.6 Å². The standard InChI is InChI=1S/C15H16ClFN2O/c1-9-4-14(15(20-3)6-13(9)16)19-10(2)11-5-12(17)8-18-7-11/h4-8,10,19H,1-3H3. The van der Waals surface area contributed by atoms with Gasteiger partial charge in [0.15, 0.2) is 0 Å². The number of benzene rings is 1. The molecule has 0 spiro atoms. The lowest BCUT2D eigenvalue weighted by atomic mass is 10.1. The number of methoxy groups -OCH3 is 1. The second kappa shape index (κ2) is 6.09. The van der Waals surface area contributed by atoms with Crippen LogP contribution in [0.3, 0.4) is 0 Å². The molecule has 0 saturated heterocycles. The number of nitrogens with one attached hydrogen (secondary N) is 1. The number of hydrogen-bond donors (Lipinski definition) is 1. The van der Waals surface area contributed by atoms with Gasteiger partial charge in [0, 0.05) is 17.3 Å². The smallest absolute Gasteiger partial charge is 0.143 e. The monoisotopic (exact) mass is 294 g/mol. The van der Waals surface area contributed by atoms with Crippen LogP contribution in [0.5, 0.6) is 5.75 Å². The molecule has 0 aliphatic heterocycles. The van der Waals surface area contributed by atoms with Gasteiger partial charge in [0.25, 0.3) is 0 Å². The predicted octanol–water partition coefficient (Wildman–Crippen LogP) is 4.36. The van der Waals surface area contributed by atoms with Crippen molar-refractivity contribution in [1.29, 1.82) is 0 Å². The molecule has 106 valence electrons. The first-order valence-corrected chi connectivity index (χ1v) is 6.60. The maximum atomic E-state index is 13.2. The fraction of sp³-hybridized carbons (Fsp3) is 0.267. The molecule has 0 aliphatic carbocycles. The largest absolute Gasteiger partial charge is 0.495 e. The van der Waals surface area contributed by atoms with E-state index in [1.807, 2.05) is 19.9 Å². The molecule has 2 rings (SSSR count). The van der Waals surface area contributed by atoms with Gasteiger partial charge in [-0.05, 0) is 37.1 Å². The third kappa shape index (κ3) is 3.20. The van der Waals surface area contributed by atoms with Crippen LogP contribution in [-0.4, -0.2) is 12.1 Å². The average Bonchev–Trinajstić information content (AvgIpc) is 2.42. The van der Waals surface area contributed by atoms with Gasteiger partial charge in [-0.15, -0.1) is 0 Å². The highest BCUT2D eigenvalue weighted by molar-refractivity contribution is 6.31. The Kier molecular flexibility index (Phi) is 4.45. The highest BCUT2D eigenvalue weighted by Crippen LogP contribution is 2.33. The summed E-state index contributed by atoms with van der Waals surface area (Å²) in [4.78, 5) is 3.85. The number of hydrogen-bond acceptors (Lipinski definition) is 3.